The van der Waals surface area contributed by atoms with Crippen molar-refractivity contribution in [2.45, 2.75) is 98.3 Å². The van der Waals surface area contributed by atoms with E-state index < -0.39 is 29.1 Å². The van der Waals surface area contributed by atoms with E-state index in [-0.39, 0.29) is 24.3 Å². The van der Waals surface area contributed by atoms with Gasteiger partial charge in [-0.2, -0.15) is 13.2 Å². The summed E-state index contributed by atoms with van der Waals surface area (Å²) in [6, 6.07) is 4.28. The maximum atomic E-state index is 13.4. The first-order valence-corrected chi connectivity index (χ1v) is 12.5. The van der Waals surface area contributed by atoms with E-state index in [1.54, 1.807) is 55.4 Å². The predicted molar refractivity (Wildman–Crippen MR) is 134 cm³/mol. The summed E-state index contributed by atoms with van der Waals surface area (Å²) in [5, 5.41) is 8.45. The lowest BCUT2D eigenvalue weighted by Gasteiger charge is -2.38. The molecule has 2 heterocycles. The second-order valence-electron chi connectivity index (χ2n) is 11.9. The molecule has 1 aromatic carbocycles. The van der Waals surface area contributed by atoms with Gasteiger partial charge in [0.1, 0.15) is 5.60 Å². The molecule has 1 aliphatic rings. The van der Waals surface area contributed by atoms with Crippen molar-refractivity contribution >= 4 is 23.0 Å². The summed E-state index contributed by atoms with van der Waals surface area (Å²) in [7, 11) is 0. The van der Waals surface area contributed by atoms with E-state index in [2.05, 4.69) is 4.98 Å². The molecular formula is C26H38F3N5O3. The fourth-order valence-corrected chi connectivity index (χ4v) is 4.53. The van der Waals surface area contributed by atoms with Crippen LogP contribution in [-0.2, 0) is 22.6 Å². The van der Waals surface area contributed by atoms with Gasteiger partial charge >= 0.3 is 18.2 Å². The van der Waals surface area contributed by atoms with Crippen LogP contribution in [0.5, 0.6) is 0 Å². The van der Waals surface area contributed by atoms with Crippen molar-refractivity contribution in [3.05, 3.63) is 29.4 Å². The largest absolute Gasteiger partial charge is 0.471 e. The third-order valence-corrected chi connectivity index (χ3v) is 6.85. The van der Waals surface area contributed by atoms with Gasteiger partial charge in [-0.1, -0.05) is 26.8 Å². The Balaban J connectivity index is 1.87. The summed E-state index contributed by atoms with van der Waals surface area (Å²) in [6.07, 6.45) is -3.75. The van der Waals surface area contributed by atoms with E-state index in [0.717, 1.165) is 17.7 Å². The number of hydrogen-bond donors (Lipinski definition) is 2. The highest BCUT2D eigenvalue weighted by Crippen LogP contribution is 2.30. The van der Waals surface area contributed by atoms with Gasteiger partial charge in [-0.15, -0.1) is 0 Å². The zero-order valence-corrected chi connectivity index (χ0v) is 22.6. The Morgan fingerprint density at radius 3 is 2.41 bits per heavy atom. The number of aromatic nitrogens is 2. The zero-order valence-electron chi connectivity index (χ0n) is 22.6. The van der Waals surface area contributed by atoms with Gasteiger partial charge in [0, 0.05) is 25.7 Å². The molecular weight excluding hydrogens is 487 g/mol. The fourth-order valence-electron chi connectivity index (χ4n) is 4.53. The van der Waals surface area contributed by atoms with Crippen molar-refractivity contribution in [3.63, 3.8) is 0 Å². The Morgan fingerprint density at radius 1 is 1.19 bits per heavy atom. The molecule has 2 amide bonds. The van der Waals surface area contributed by atoms with Gasteiger partial charge in [0.25, 0.3) is 0 Å². The highest BCUT2D eigenvalue weighted by atomic mass is 19.4. The number of rotatable bonds is 5. The SMILES string of the molecule is C[C@H](N(Cc1ccc2c(c1)[nH]c(=N)n2CC1CCCN1C(=O)OC(C)(C)C)C(=O)C(F)(F)F)C(C)(C)C. The fraction of sp³-hybridized carbons (Fsp3) is 0.654. The van der Waals surface area contributed by atoms with Gasteiger partial charge in [0.15, 0.2) is 5.62 Å². The summed E-state index contributed by atoms with van der Waals surface area (Å²) in [5.74, 6) is -1.87. The molecule has 1 saturated heterocycles. The van der Waals surface area contributed by atoms with Crippen LogP contribution >= 0.6 is 0 Å². The van der Waals surface area contributed by atoms with Crippen LogP contribution in [0, 0.1) is 10.8 Å². The number of hydrogen-bond acceptors (Lipinski definition) is 4. The van der Waals surface area contributed by atoms with Gasteiger partial charge in [0.05, 0.1) is 17.1 Å². The molecule has 37 heavy (non-hydrogen) atoms. The molecule has 1 aliphatic heterocycles. The number of ether oxygens (including phenoxy) is 1. The van der Waals surface area contributed by atoms with Crippen molar-refractivity contribution in [3.8, 4) is 0 Å². The van der Waals surface area contributed by atoms with Crippen molar-refractivity contribution in [2.75, 3.05) is 6.54 Å². The van der Waals surface area contributed by atoms with E-state index in [0.29, 0.717) is 29.7 Å². The lowest BCUT2D eigenvalue weighted by atomic mass is 9.86. The average molecular weight is 526 g/mol. The van der Waals surface area contributed by atoms with Gasteiger partial charge in [0.2, 0.25) is 0 Å². The molecule has 206 valence electrons. The zero-order chi connectivity index (χ0) is 27.9. The third kappa shape index (κ3) is 6.67. The normalized spacial score (nSPS) is 17.8. The Morgan fingerprint density at radius 2 is 1.84 bits per heavy atom. The van der Waals surface area contributed by atoms with E-state index in [9.17, 15) is 22.8 Å². The number of nitrogens with zero attached hydrogens (tertiary/aromatic N) is 3. The molecule has 8 nitrogen and oxygen atoms in total. The molecule has 0 spiro atoms. The number of carbonyl (C=O) groups is 2. The Labute approximate surface area is 215 Å². The van der Waals surface area contributed by atoms with Crippen molar-refractivity contribution < 1.29 is 27.5 Å². The molecule has 3 rings (SSSR count). The predicted octanol–water partition coefficient (Wildman–Crippen LogP) is 5.17. The number of fused-ring (bicyclic) bond motifs is 1. The monoisotopic (exact) mass is 525 g/mol. The number of H-pyrrole nitrogens is 1. The number of halogens is 3. The molecule has 2 atom stereocenters. The summed E-state index contributed by atoms with van der Waals surface area (Å²) < 4.78 is 47.4. The quantitative estimate of drug-likeness (QED) is 0.564. The van der Waals surface area contributed by atoms with E-state index in [1.165, 1.54) is 0 Å². The van der Waals surface area contributed by atoms with E-state index in [4.69, 9.17) is 10.1 Å². The topological polar surface area (TPSA) is 94.4 Å². The minimum absolute atomic E-state index is 0.120. The van der Waals surface area contributed by atoms with Gasteiger partial charge in [-0.25, -0.2) is 4.79 Å². The highest BCUT2D eigenvalue weighted by molar-refractivity contribution is 5.82. The lowest BCUT2D eigenvalue weighted by Crippen LogP contribution is -2.50. The molecule has 1 unspecified atom stereocenters. The van der Waals surface area contributed by atoms with Crippen LogP contribution in [0.3, 0.4) is 0 Å². The maximum Gasteiger partial charge on any atom is 0.471 e. The molecule has 1 aromatic heterocycles. The summed E-state index contributed by atoms with van der Waals surface area (Å²) in [5.41, 5.74) is 0.742. The molecule has 2 aromatic rings. The Bertz CT molecular complexity index is 1200. The molecule has 1 fully saturated rings. The standard InChI is InChI=1S/C26H38F3N5O3/c1-16(24(2,3)4)33(21(35)26(27,28)29)14-17-10-11-20-19(13-17)31-22(30)34(20)15-18-9-8-12-32(18)23(36)37-25(5,6)7/h10-11,13,16,18H,8-9,12,14-15H2,1-7H3,(H2,30,31)/t16-,18?/m0/s1. The van der Waals surface area contributed by atoms with Crippen LogP contribution in [0.1, 0.15) is 66.9 Å². The molecule has 0 radical (unpaired) electrons. The van der Waals surface area contributed by atoms with Crippen LogP contribution in [0.2, 0.25) is 0 Å². The number of carbonyl (C=O) groups excluding carboxylic acids is 2. The Hall–Kier alpha value is -2.98. The van der Waals surface area contributed by atoms with Crippen LogP contribution < -0.4 is 5.62 Å². The number of nitrogens with one attached hydrogen (secondary N) is 2. The molecule has 0 saturated carbocycles. The second-order valence-corrected chi connectivity index (χ2v) is 11.9. The van der Waals surface area contributed by atoms with Gasteiger partial charge in [-0.05, 0) is 63.6 Å². The van der Waals surface area contributed by atoms with E-state index >= 15 is 0 Å². The summed E-state index contributed by atoms with van der Waals surface area (Å²) in [4.78, 5) is 30.5. The van der Waals surface area contributed by atoms with Crippen LogP contribution in [0.25, 0.3) is 11.0 Å². The van der Waals surface area contributed by atoms with Crippen molar-refractivity contribution in [2.24, 2.45) is 5.41 Å². The maximum absolute atomic E-state index is 13.4. The van der Waals surface area contributed by atoms with Crippen molar-refractivity contribution in [1.82, 2.24) is 19.4 Å². The van der Waals surface area contributed by atoms with Crippen LogP contribution in [-0.4, -0.2) is 61.8 Å². The summed E-state index contributed by atoms with van der Waals surface area (Å²) in [6.45, 7) is 13.2. The number of amides is 2. The third-order valence-electron chi connectivity index (χ3n) is 6.85. The number of imidazole rings is 1. The first-order chi connectivity index (χ1) is 16.9. The van der Waals surface area contributed by atoms with Crippen molar-refractivity contribution in [1.29, 1.82) is 5.41 Å². The molecule has 11 heteroatoms. The first kappa shape index (κ1) is 28.6. The smallest absolute Gasteiger partial charge is 0.444 e. The molecule has 0 aliphatic carbocycles. The number of likely N-dealkylation sites (tertiary alicyclic amines) is 1. The van der Waals surface area contributed by atoms with Crippen LogP contribution in [0.4, 0.5) is 18.0 Å². The van der Waals surface area contributed by atoms with E-state index in [1.807, 2.05) is 20.8 Å². The first-order valence-electron chi connectivity index (χ1n) is 12.5. The number of alkyl halides is 3. The average Bonchev–Trinajstić information content (AvgIpc) is 3.33. The molecule has 2 N–H and O–H groups in total. The highest BCUT2D eigenvalue weighted by Gasteiger charge is 2.45. The van der Waals surface area contributed by atoms with Gasteiger partial charge < -0.3 is 24.1 Å². The minimum atomic E-state index is -4.98. The number of benzene rings is 1. The Kier molecular flexibility index (Phi) is 7.77. The minimum Gasteiger partial charge on any atom is -0.444 e. The molecule has 0 bridgehead atoms. The second kappa shape index (κ2) is 10.1. The lowest BCUT2D eigenvalue weighted by molar-refractivity contribution is -0.190. The number of aromatic amines is 1. The van der Waals surface area contributed by atoms with Crippen LogP contribution in [0.15, 0.2) is 18.2 Å². The summed E-state index contributed by atoms with van der Waals surface area (Å²) >= 11 is 0. The van der Waals surface area contributed by atoms with Gasteiger partial charge in [-0.3, -0.25) is 10.2 Å².